The van der Waals surface area contributed by atoms with Crippen molar-refractivity contribution in [3.05, 3.63) is 34.9 Å². The second kappa shape index (κ2) is 6.52. The second-order valence-electron chi connectivity index (χ2n) is 4.69. The minimum atomic E-state index is -1.09. The Bertz CT molecular complexity index is 418. The van der Waals surface area contributed by atoms with E-state index >= 15 is 0 Å². The molecule has 18 heavy (non-hydrogen) atoms. The summed E-state index contributed by atoms with van der Waals surface area (Å²) in [7, 11) is 1.69. The fourth-order valence-electron chi connectivity index (χ4n) is 1.82. The number of hydrogen-bond acceptors (Lipinski definition) is 3. The van der Waals surface area contributed by atoms with Gasteiger partial charge >= 0.3 is 0 Å². The van der Waals surface area contributed by atoms with E-state index in [0.717, 1.165) is 6.42 Å². The molecule has 1 aromatic carbocycles. The maximum Gasteiger partial charge on any atom is 0.252 e. The molecule has 4 heteroatoms. The normalized spacial score (nSPS) is 12.3. The number of rotatable bonds is 5. The number of aliphatic hydroxyl groups excluding tert-OH is 1. The number of carbonyl (C=O) groups excluding carboxylic acids is 1. The number of aliphatic hydroxyl groups is 1. The molecule has 0 saturated heterocycles. The van der Waals surface area contributed by atoms with Crippen molar-refractivity contribution in [2.45, 2.75) is 26.4 Å². The van der Waals surface area contributed by atoms with Crippen LogP contribution in [0, 0.1) is 13.8 Å². The Kier molecular flexibility index (Phi) is 5.31. The molecule has 0 heterocycles. The van der Waals surface area contributed by atoms with Gasteiger partial charge in [-0.3, -0.25) is 4.79 Å². The Balaban J connectivity index is 2.59. The molecule has 100 valence electrons. The highest BCUT2D eigenvalue weighted by Crippen LogP contribution is 2.11. The Hall–Kier alpha value is -1.39. The third-order valence-electron chi connectivity index (χ3n) is 3.11. The SMILES string of the molecule is Cc1ccc(C)c(CCN(C)C(=O)C(O)CN)c1. The van der Waals surface area contributed by atoms with Gasteiger partial charge in [0.1, 0.15) is 6.10 Å². The van der Waals surface area contributed by atoms with Gasteiger partial charge in [-0.15, -0.1) is 0 Å². The van der Waals surface area contributed by atoms with Crippen molar-refractivity contribution in [2.24, 2.45) is 5.73 Å². The highest BCUT2D eigenvalue weighted by molar-refractivity contribution is 5.80. The third kappa shape index (κ3) is 3.82. The fourth-order valence-corrected chi connectivity index (χ4v) is 1.82. The van der Waals surface area contributed by atoms with E-state index in [9.17, 15) is 9.90 Å². The number of nitrogens with zero attached hydrogens (tertiary/aromatic N) is 1. The number of amides is 1. The van der Waals surface area contributed by atoms with Crippen LogP contribution in [0.15, 0.2) is 18.2 Å². The van der Waals surface area contributed by atoms with Crippen LogP contribution >= 0.6 is 0 Å². The first kappa shape index (κ1) is 14.7. The van der Waals surface area contributed by atoms with Crippen molar-refractivity contribution in [3.63, 3.8) is 0 Å². The van der Waals surface area contributed by atoms with Gasteiger partial charge in [0.05, 0.1) is 0 Å². The van der Waals surface area contributed by atoms with Crippen LogP contribution in [-0.2, 0) is 11.2 Å². The summed E-state index contributed by atoms with van der Waals surface area (Å²) in [5.41, 5.74) is 8.94. The second-order valence-corrected chi connectivity index (χ2v) is 4.69. The molecule has 1 unspecified atom stereocenters. The van der Waals surface area contributed by atoms with Crippen LogP contribution in [0.25, 0.3) is 0 Å². The molecule has 4 nitrogen and oxygen atoms in total. The largest absolute Gasteiger partial charge is 0.382 e. The summed E-state index contributed by atoms with van der Waals surface area (Å²) in [6, 6.07) is 6.29. The maximum atomic E-state index is 11.6. The molecular weight excluding hydrogens is 228 g/mol. The summed E-state index contributed by atoms with van der Waals surface area (Å²) in [6.45, 7) is 4.66. The van der Waals surface area contributed by atoms with Crippen molar-refractivity contribution in [3.8, 4) is 0 Å². The average molecular weight is 250 g/mol. The third-order valence-corrected chi connectivity index (χ3v) is 3.11. The van der Waals surface area contributed by atoms with Crippen molar-refractivity contribution < 1.29 is 9.90 Å². The van der Waals surface area contributed by atoms with Gasteiger partial charge in [0.15, 0.2) is 0 Å². The van der Waals surface area contributed by atoms with Crippen LogP contribution in [0.1, 0.15) is 16.7 Å². The predicted molar refractivity (Wildman–Crippen MR) is 72.3 cm³/mol. The summed E-state index contributed by atoms with van der Waals surface area (Å²) in [5.74, 6) is -0.317. The van der Waals surface area contributed by atoms with E-state index in [1.54, 1.807) is 7.05 Å². The van der Waals surface area contributed by atoms with Crippen LogP contribution in [0.5, 0.6) is 0 Å². The van der Waals surface area contributed by atoms with E-state index < -0.39 is 6.10 Å². The van der Waals surface area contributed by atoms with Crippen molar-refractivity contribution >= 4 is 5.91 Å². The zero-order valence-electron chi connectivity index (χ0n) is 11.3. The van der Waals surface area contributed by atoms with Gasteiger partial charge in [0.25, 0.3) is 5.91 Å². The molecule has 0 aliphatic heterocycles. The summed E-state index contributed by atoms with van der Waals surface area (Å²) in [6.07, 6.45) is -0.304. The minimum absolute atomic E-state index is 0.0351. The topological polar surface area (TPSA) is 66.6 Å². The lowest BCUT2D eigenvalue weighted by Crippen LogP contribution is -2.41. The molecule has 0 spiro atoms. The van der Waals surface area contributed by atoms with Gasteiger partial charge in [-0.25, -0.2) is 0 Å². The quantitative estimate of drug-likeness (QED) is 0.805. The van der Waals surface area contributed by atoms with Crippen molar-refractivity contribution in [2.75, 3.05) is 20.1 Å². The van der Waals surface area contributed by atoms with Gasteiger partial charge in [0.2, 0.25) is 0 Å². The highest BCUT2D eigenvalue weighted by atomic mass is 16.3. The van der Waals surface area contributed by atoms with E-state index in [2.05, 4.69) is 32.0 Å². The van der Waals surface area contributed by atoms with Gasteiger partial charge in [0, 0.05) is 20.1 Å². The molecule has 1 aromatic rings. The lowest BCUT2D eigenvalue weighted by molar-refractivity contribution is -0.138. The average Bonchev–Trinajstić information content (AvgIpc) is 2.37. The Morgan fingerprint density at radius 3 is 2.72 bits per heavy atom. The van der Waals surface area contributed by atoms with Gasteiger partial charge < -0.3 is 15.7 Å². The monoisotopic (exact) mass is 250 g/mol. The molecule has 1 atom stereocenters. The molecule has 0 saturated carbocycles. The molecule has 1 amide bonds. The smallest absolute Gasteiger partial charge is 0.252 e. The number of nitrogens with two attached hydrogens (primary N) is 1. The number of hydrogen-bond donors (Lipinski definition) is 2. The van der Waals surface area contributed by atoms with Crippen LogP contribution in [-0.4, -0.2) is 42.2 Å². The summed E-state index contributed by atoms with van der Waals surface area (Å²) < 4.78 is 0. The molecule has 0 aliphatic rings. The number of aryl methyl sites for hydroxylation is 2. The zero-order chi connectivity index (χ0) is 13.7. The van der Waals surface area contributed by atoms with Gasteiger partial charge in [-0.1, -0.05) is 23.8 Å². The van der Waals surface area contributed by atoms with E-state index in [1.807, 2.05) is 0 Å². The molecule has 0 bridgehead atoms. The number of likely N-dealkylation sites (N-methyl/N-ethyl adjacent to an activating group) is 1. The standard InChI is InChI=1S/C14H22N2O2/c1-10-4-5-11(2)12(8-10)6-7-16(3)14(18)13(17)9-15/h4-5,8,13,17H,6-7,9,15H2,1-3H3. The summed E-state index contributed by atoms with van der Waals surface area (Å²) >= 11 is 0. The maximum absolute atomic E-state index is 11.6. The van der Waals surface area contributed by atoms with E-state index in [-0.39, 0.29) is 12.5 Å². The van der Waals surface area contributed by atoms with Crippen LogP contribution < -0.4 is 5.73 Å². The van der Waals surface area contributed by atoms with Gasteiger partial charge in [-0.2, -0.15) is 0 Å². The molecule has 0 fully saturated rings. The van der Waals surface area contributed by atoms with Crippen LogP contribution in [0.3, 0.4) is 0 Å². The molecular formula is C14H22N2O2. The van der Waals surface area contributed by atoms with Crippen molar-refractivity contribution in [1.82, 2.24) is 4.90 Å². The van der Waals surface area contributed by atoms with E-state index in [1.165, 1.54) is 21.6 Å². The molecule has 0 aromatic heterocycles. The van der Waals surface area contributed by atoms with Crippen molar-refractivity contribution in [1.29, 1.82) is 0 Å². The van der Waals surface area contributed by atoms with E-state index in [0.29, 0.717) is 6.54 Å². The molecule has 3 N–H and O–H groups in total. The number of benzene rings is 1. The first-order valence-electron chi connectivity index (χ1n) is 6.15. The Labute approximate surface area is 108 Å². The summed E-state index contributed by atoms with van der Waals surface area (Å²) in [4.78, 5) is 13.2. The highest BCUT2D eigenvalue weighted by Gasteiger charge is 2.17. The lowest BCUT2D eigenvalue weighted by atomic mass is 10.0. The Morgan fingerprint density at radius 1 is 1.44 bits per heavy atom. The lowest BCUT2D eigenvalue weighted by Gasteiger charge is -2.20. The summed E-state index contributed by atoms with van der Waals surface area (Å²) in [5, 5.41) is 9.38. The molecule has 1 rings (SSSR count). The minimum Gasteiger partial charge on any atom is -0.382 e. The first-order chi connectivity index (χ1) is 8.45. The number of carbonyl (C=O) groups is 1. The zero-order valence-corrected chi connectivity index (χ0v) is 11.3. The van der Waals surface area contributed by atoms with Crippen LogP contribution in [0.4, 0.5) is 0 Å². The Morgan fingerprint density at radius 2 is 2.11 bits per heavy atom. The first-order valence-corrected chi connectivity index (χ1v) is 6.15. The molecule has 0 radical (unpaired) electrons. The van der Waals surface area contributed by atoms with E-state index in [4.69, 9.17) is 5.73 Å². The van der Waals surface area contributed by atoms with Gasteiger partial charge in [-0.05, 0) is 31.4 Å². The molecule has 0 aliphatic carbocycles. The van der Waals surface area contributed by atoms with Crippen LogP contribution in [0.2, 0.25) is 0 Å². The predicted octanol–water partition coefficient (Wildman–Crippen LogP) is 0.624. The fraction of sp³-hybridized carbons (Fsp3) is 0.500.